The van der Waals surface area contributed by atoms with E-state index in [-0.39, 0.29) is 24.6 Å². The quantitative estimate of drug-likeness (QED) is 0.301. The molecule has 0 spiro atoms. The van der Waals surface area contributed by atoms with E-state index in [1.807, 2.05) is 86.8 Å². The lowest BCUT2D eigenvalue weighted by atomic mass is 10.0. The highest BCUT2D eigenvalue weighted by atomic mass is 16.6. The molecule has 0 radical (unpaired) electrons. The molecule has 0 bridgehead atoms. The smallest absolute Gasteiger partial charge is 0.410 e. The van der Waals surface area contributed by atoms with Crippen LogP contribution in [0.3, 0.4) is 0 Å². The average Bonchev–Trinajstić information content (AvgIpc) is 3.30. The van der Waals surface area contributed by atoms with Crippen molar-refractivity contribution in [3.8, 4) is 0 Å². The second-order valence-electron chi connectivity index (χ2n) is 11.7. The molecule has 6 rings (SSSR count). The van der Waals surface area contributed by atoms with Crippen LogP contribution in [0.1, 0.15) is 45.5 Å². The van der Waals surface area contributed by atoms with E-state index in [1.54, 1.807) is 25.6 Å². The Morgan fingerprint density at radius 1 is 0.913 bits per heavy atom. The molecule has 4 amide bonds. The number of nitrogens with one attached hydrogen (secondary N) is 2. The summed E-state index contributed by atoms with van der Waals surface area (Å²) >= 11 is 0. The largest absolute Gasteiger partial charge is 0.445 e. The fourth-order valence-corrected chi connectivity index (χ4v) is 5.93. The van der Waals surface area contributed by atoms with Gasteiger partial charge in [0.2, 0.25) is 0 Å². The Kier molecular flexibility index (Phi) is 9.18. The van der Waals surface area contributed by atoms with Crippen LogP contribution in [0.5, 0.6) is 0 Å². The van der Waals surface area contributed by atoms with Gasteiger partial charge in [-0.2, -0.15) is 5.10 Å². The van der Waals surface area contributed by atoms with Gasteiger partial charge in [0.15, 0.2) is 0 Å². The number of aromatic nitrogens is 2. The first-order valence-corrected chi connectivity index (χ1v) is 15.6. The number of fused-ring (bicyclic) bond motifs is 2. The SMILES string of the molecule is Cc1cc(C(=O)N2Cc3cnn(C)c3Nc3ccccc32)ccc1CNC(=O)N1CCCN(C(=O)OCc2ccccc2)CCC1. The van der Waals surface area contributed by atoms with E-state index >= 15 is 0 Å². The topological polar surface area (TPSA) is 112 Å². The molecular weight excluding hydrogens is 582 g/mol. The number of amides is 4. The third-order valence-corrected chi connectivity index (χ3v) is 8.52. The second-order valence-corrected chi connectivity index (χ2v) is 11.7. The molecule has 2 aliphatic rings. The van der Waals surface area contributed by atoms with Crippen LogP contribution in [0.4, 0.5) is 26.8 Å². The summed E-state index contributed by atoms with van der Waals surface area (Å²) in [6.07, 6.45) is 2.80. The highest BCUT2D eigenvalue weighted by Crippen LogP contribution is 2.36. The summed E-state index contributed by atoms with van der Waals surface area (Å²) in [5, 5.41) is 10.8. The number of hydrogen-bond acceptors (Lipinski definition) is 6. The summed E-state index contributed by atoms with van der Waals surface area (Å²) in [5.74, 6) is 0.756. The fourth-order valence-electron chi connectivity index (χ4n) is 5.93. The van der Waals surface area contributed by atoms with Gasteiger partial charge in [0.05, 0.1) is 24.1 Å². The third kappa shape index (κ3) is 6.83. The van der Waals surface area contributed by atoms with Crippen molar-refractivity contribution in [1.82, 2.24) is 24.9 Å². The fraction of sp³-hybridized carbons (Fsp3) is 0.314. The molecule has 0 saturated carbocycles. The highest BCUT2D eigenvalue weighted by Gasteiger charge is 2.27. The Labute approximate surface area is 268 Å². The van der Waals surface area contributed by atoms with Crippen LogP contribution in [0.2, 0.25) is 0 Å². The number of ether oxygens (including phenoxy) is 1. The molecule has 1 saturated heterocycles. The standard InChI is InChI=1S/C35H39N7O4/c1-25-20-27(33(43)42-23-29-22-37-39(2)32(29)38-30-12-6-7-13-31(30)42)14-15-28(25)21-36-34(44)40-16-8-18-41(19-9-17-40)35(45)46-24-26-10-4-3-5-11-26/h3-7,10-15,20,22,38H,8-9,16-19,21,23-24H2,1-2H3,(H,36,44). The van der Waals surface area contributed by atoms with Gasteiger partial charge in [0.1, 0.15) is 12.4 Å². The van der Waals surface area contributed by atoms with Gasteiger partial charge in [0.25, 0.3) is 5.91 Å². The maximum Gasteiger partial charge on any atom is 0.410 e. The summed E-state index contributed by atoms with van der Waals surface area (Å²) in [7, 11) is 1.88. The number of urea groups is 1. The van der Waals surface area contributed by atoms with Gasteiger partial charge in [-0.1, -0.05) is 48.5 Å². The number of carbonyl (C=O) groups excluding carboxylic acids is 3. The van der Waals surface area contributed by atoms with Crippen molar-refractivity contribution in [2.75, 3.05) is 36.4 Å². The molecule has 1 fully saturated rings. The molecule has 3 aromatic carbocycles. The molecule has 0 aliphatic carbocycles. The van der Waals surface area contributed by atoms with Gasteiger partial charge in [0, 0.05) is 50.9 Å². The summed E-state index contributed by atoms with van der Waals surface area (Å²) in [4.78, 5) is 44.9. The predicted molar refractivity (Wildman–Crippen MR) is 176 cm³/mol. The van der Waals surface area contributed by atoms with E-state index in [0.29, 0.717) is 57.7 Å². The lowest BCUT2D eigenvalue weighted by molar-refractivity contribution is 0.0895. The zero-order valence-electron chi connectivity index (χ0n) is 26.2. The number of rotatable bonds is 5. The van der Waals surface area contributed by atoms with Gasteiger partial charge in [-0.15, -0.1) is 0 Å². The third-order valence-electron chi connectivity index (χ3n) is 8.52. The van der Waals surface area contributed by atoms with Crippen LogP contribution in [-0.4, -0.2) is 63.8 Å². The van der Waals surface area contributed by atoms with Crippen LogP contribution in [-0.2, 0) is 31.5 Å². The Bertz CT molecular complexity index is 1710. The summed E-state index contributed by atoms with van der Waals surface area (Å²) in [5.41, 5.74) is 5.97. The number of carbonyl (C=O) groups is 3. The molecule has 11 nitrogen and oxygen atoms in total. The first kappa shape index (κ1) is 30.7. The predicted octanol–water partition coefficient (Wildman–Crippen LogP) is 5.58. The molecular formula is C35H39N7O4. The van der Waals surface area contributed by atoms with E-state index < -0.39 is 0 Å². The normalized spacial score (nSPS) is 14.6. The van der Waals surface area contributed by atoms with Gasteiger partial charge in [-0.3, -0.25) is 9.48 Å². The minimum Gasteiger partial charge on any atom is -0.445 e. The Morgan fingerprint density at radius 2 is 1.63 bits per heavy atom. The zero-order chi connectivity index (χ0) is 32.0. The molecule has 1 aromatic heterocycles. The van der Waals surface area contributed by atoms with E-state index in [0.717, 1.165) is 39.4 Å². The van der Waals surface area contributed by atoms with E-state index in [1.165, 1.54) is 0 Å². The van der Waals surface area contributed by atoms with Crippen LogP contribution in [0.15, 0.2) is 79.0 Å². The number of aryl methyl sites for hydroxylation is 2. The molecule has 46 heavy (non-hydrogen) atoms. The number of nitrogens with zero attached hydrogens (tertiary/aromatic N) is 5. The van der Waals surface area contributed by atoms with Gasteiger partial charge in [-0.25, -0.2) is 9.59 Å². The van der Waals surface area contributed by atoms with Crippen molar-refractivity contribution >= 4 is 35.2 Å². The molecule has 11 heteroatoms. The number of benzene rings is 3. The summed E-state index contributed by atoms with van der Waals surface area (Å²) < 4.78 is 7.27. The Balaban J connectivity index is 1.03. The molecule has 0 atom stereocenters. The van der Waals surface area contributed by atoms with Crippen LogP contribution in [0, 0.1) is 6.92 Å². The average molecular weight is 622 g/mol. The maximum atomic E-state index is 13.9. The molecule has 4 aromatic rings. The summed E-state index contributed by atoms with van der Waals surface area (Å²) in [6, 6.07) is 22.9. The highest BCUT2D eigenvalue weighted by molar-refractivity contribution is 6.08. The van der Waals surface area contributed by atoms with Crippen molar-refractivity contribution in [3.63, 3.8) is 0 Å². The van der Waals surface area contributed by atoms with E-state index in [2.05, 4.69) is 15.7 Å². The molecule has 2 aliphatic heterocycles. The number of hydrogen-bond donors (Lipinski definition) is 2. The lowest BCUT2D eigenvalue weighted by Crippen LogP contribution is -2.45. The second kappa shape index (κ2) is 13.8. The molecule has 238 valence electrons. The van der Waals surface area contributed by atoms with E-state index in [9.17, 15) is 14.4 Å². The summed E-state index contributed by atoms with van der Waals surface area (Å²) in [6.45, 7) is 5.11. The maximum absolute atomic E-state index is 13.9. The first-order valence-electron chi connectivity index (χ1n) is 15.6. The van der Waals surface area contributed by atoms with Gasteiger partial charge in [-0.05, 0) is 60.7 Å². The Hall–Kier alpha value is -5.32. The minimum absolute atomic E-state index is 0.108. The van der Waals surface area contributed by atoms with Crippen molar-refractivity contribution in [2.45, 2.75) is 39.5 Å². The monoisotopic (exact) mass is 621 g/mol. The van der Waals surface area contributed by atoms with Crippen molar-refractivity contribution in [1.29, 1.82) is 0 Å². The molecule has 3 heterocycles. The first-order chi connectivity index (χ1) is 22.4. The van der Waals surface area contributed by atoms with Crippen LogP contribution < -0.4 is 15.5 Å². The number of para-hydroxylation sites is 2. The molecule has 2 N–H and O–H groups in total. The molecule has 0 unspecified atom stereocenters. The van der Waals surface area contributed by atoms with Crippen LogP contribution >= 0.6 is 0 Å². The lowest BCUT2D eigenvalue weighted by Gasteiger charge is -2.30. The Morgan fingerprint density at radius 3 is 2.39 bits per heavy atom. The minimum atomic E-state index is -0.322. The number of anilines is 3. The van der Waals surface area contributed by atoms with Gasteiger partial charge >= 0.3 is 12.1 Å². The van der Waals surface area contributed by atoms with Crippen LogP contribution in [0.25, 0.3) is 0 Å². The van der Waals surface area contributed by atoms with Gasteiger partial charge < -0.3 is 30.1 Å². The van der Waals surface area contributed by atoms with Crippen molar-refractivity contribution in [3.05, 3.63) is 107 Å². The zero-order valence-corrected chi connectivity index (χ0v) is 26.2. The van der Waals surface area contributed by atoms with E-state index in [4.69, 9.17) is 4.74 Å². The van der Waals surface area contributed by atoms with Crippen molar-refractivity contribution in [2.24, 2.45) is 7.05 Å². The van der Waals surface area contributed by atoms with Crippen molar-refractivity contribution < 1.29 is 19.1 Å².